The zero-order chi connectivity index (χ0) is 11.8. The van der Waals surface area contributed by atoms with Crippen LogP contribution >= 0.6 is 0 Å². The minimum Gasteiger partial charge on any atom is -0.396 e. The number of rotatable bonds is 7. The van der Waals surface area contributed by atoms with Crippen molar-refractivity contribution in [1.82, 2.24) is 0 Å². The highest BCUT2D eigenvalue weighted by Gasteiger charge is 2.19. The Hall–Kier alpha value is -0.860. The lowest BCUT2D eigenvalue weighted by Crippen LogP contribution is -2.21. The predicted octanol–water partition coefficient (Wildman–Crippen LogP) is 2.70. The van der Waals surface area contributed by atoms with E-state index in [0.29, 0.717) is 0 Å². The van der Waals surface area contributed by atoms with Gasteiger partial charge in [-0.1, -0.05) is 56.5 Å². The van der Waals surface area contributed by atoms with Crippen LogP contribution in [0.15, 0.2) is 30.3 Å². The predicted molar refractivity (Wildman–Crippen MR) is 66.4 cm³/mol. The molecule has 2 N–H and O–H groups in total. The molecule has 0 fully saturated rings. The van der Waals surface area contributed by atoms with E-state index in [-0.39, 0.29) is 12.5 Å². The van der Waals surface area contributed by atoms with Crippen molar-refractivity contribution in [2.45, 2.75) is 44.6 Å². The Morgan fingerprint density at radius 1 is 1.12 bits per heavy atom. The fraction of sp³-hybridized carbons (Fsp3) is 0.571. The Morgan fingerprint density at radius 2 is 1.81 bits per heavy atom. The second-order valence-corrected chi connectivity index (χ2v) is 4.26. The highest BCUT2D eigenvalue weighted by Crippen LogP contribution is 2.22. The number of unbranched alkanes of at least 4 members (excludes halogenated alkanes) is 2. The van der Waals surface area contributed by atoms with E-state index in [1.165, 1.54) is 0 Å². The lowest BCUT2D eigenvalue weighted by atomic mass is 9.91. The average Bonchev–Trinajstić information content (AvgIpc) is 2.32. The van der Waals surface area contributed by atoms with E-state index >= 15 is 0 Å². The van der Waals surface area contributed by atoms with Crippen LogP contribution in [-0.2, 0) is 0 Å². The lowest BCUT2D eigenvalue weighted by Gasteiger charge is -2.21. The zero-order valence-corrected chi connectivity index (χ0v) is 9.97. The molecule has 0 aliphatic heterocycles. The molecule has 0 unspecified atom stereocenters. The number of hydrogen-bond acceptors (Lipinski definition) is 2. The van der Waals surface area contributed by atoms with Crippen LogP contribution in [0.2, 0.25) is 0 Å². The molecule has 0 aliphatic carbocycles. The molecule has 90 valence electrons. The highest BCUT2D eigenvalue weighted by molar-refractivity contribution is 5.20. The normalized spacial score (nSPS) is 14.7. The Morgan fingerprint density at radius 3 is 2.38 bits per heavy atom. The molecule has 1 rings (SSSR count). The first-order valence-corrected chi connectivity index (χ1v) is 6.13. The Balaban J connectivity index is 2.53. The Labute approximate surface area is 97.9 Å². The van der Waals surface area contributed by atoms with Gasteiger partial charge in [0, 0.05) is 5.92 Å². The highest BCUT2D eigenvalue weighted by atomic mass is 16.3. The summed E-state index contributed by atoms with van der Waals surface area (Å²) in [5, 5.41) is 19.4. The number of aliphatic hydroxyl groups excluding tert-OH is 2. The minimum atomic E-state index is -0.432. The molecule has 0 heterocycles. The molecule has 0 spiro atoms. The van der Waals surface area contributed by atoms with E-state index < -0.39 is 6.10 Å². The Bertz CT molecular complexity index is 271. The van der Waals surface area contributed by atoms with Gasteiger partial charge in [-0.25, -0.2) is 0 Å². The molecule has 0 saturated carbocycles. The molecule has 16 heavy (non-hydrogen) atoms. The van der Waals surface area contributed by atoms with Gasteiger partial charge in [-0.05, 0) is 12.0 Å². The van der Waals surface area contributed by atoms with Gasteiger partial charge in [-0.15, -0.1) is 0 Å². The largest absolute Gasteiger partial charge is 0.396 e. The van der Waals surface area contributed by atoms with Crippen molar-refractivity contribution in [2.24, 2.45) is 0 Å². The van der Waals surface area contributed by atoms with Gasteiger partial charge >= 0.3 is 0 Å². The quantitative estimate of drug-likeness (QED) is 0.696. The lowest BCUT2D eigenvalue weighted by molar-refractivity contribution is 0.0967. The Kier molecular flexibility index (Phi) is 6.12. The molecule has 0 amide bonds. The van der Waals surface area contributed by atoms with Gasteiger partial charge in [0.05, 0.1) is 12.7 Å². The summed E-state index contributed by atoms with van der Waals surface area (Å²) in [6, 6.07) is 9.75. The summed E-state index contributed by atoms with van der Waals surface area (Å²) in [6.45, 7) is 2.16. The molecule has 0 aromatic heterocycles. The summed E-state index contributed by atoms with van der Waals surface area (Å²) in [6.07, 6.45) is 3.67. The second kappa shape index (κ2) is 7.42. The number of aliphatic hydroxyl groups is 2. The zero-order valence-electron chi connectivity index (χ0n) is 9.97. The third-order valence-corrected chi connectivity index (χ3v) is 2.99. The third kappa shape index (κ3) is 3.95. The summed E-state index contributed by atoms with van der Waals surface area (Å²) in [4.78, 5) is 0. The molecule has 0 bridgehead atoms. The first-order chi connectivity index (χ1) is 7.79. The van der Waals surface area contributed by atoms with Gasteiger partial charge in [0.15, 0.2) is 0 Å². The van der Waals surface area contributed by atoms with Crippen molar-refractivity contribution >= 4 is 0 Å². The minimum absolute atomic E-state index is 0.0112. The van der Waals surface area contributed by atoms with Gasteiger partial charge in [-0.3, -0.25) is 0 Å². The first kappa shape index (κ1) is 13.2. The monoisotopic (exact) mass is 222 g/mol. The summed E-state index contributed by atoms with van der Waals surface area (Å²) in [5.74, 6) is -0.141. The van der Waals surface area contributed by atoms with Crippen LogP contribution in [-0.4, -0.2) is 22.9 Å². The van der Waals surface area contributed by atoms with Crippen molar-refractivity contribution in [3.05, 3.63) is 35.9 Å². The maximum Gasteiger partial charge on any atom is 0.0630 e. The summed E-state index contributed by atoms with van der Waals surface area (Å²) in [5.41, 5.74) is 1.02. The molecule has 0 radical (unpaired) electrons. The van der Waals surface area contributed by atoms with E-state index in [1.807, 2.05) is 30.3 Å². The van der Waals surface area contributed by atoms with Crippen molar-refractivity contribution in [3.63, 3.8) is 0 Å². The van der Waals surface area contributed by atoms with Gasteiger partial charge in [-0.2, -0.15) is 0 Å². The van der Waals surface area contributed by atoms with Crippen LogP contribution in [0.25, 0.3) is 0 Å². The van der Waals surface area contributed by atoms with Gasteiger partial charge in [0.2, 0.25) is 0 Å². The van der Waals surface area contributed by atoms with Crippen LogP contribution in [0, 0.1) is 0 Å². The number of benzene rings is 1. The fourth-order valence-corrected chi connectivity index (χ4v) is 1.95. The summed E-state index contributed by atoms with van der Waals surface area (Å²) in [7, 11) is 0. The first-order valence-electron chi connectivity index (χ1n) is 6.13. The van der Waals surface area contributed by atoms with Crippen molar-refractivity contribution in [3.8, 4) is 0 Å². The van der Waals surface area contributed by atoms with E-state index in [2.05, 4.69) is 6.92 Å². The number of hydrogen-bond donors (Lipinski definition) is 2. The standard InChI is InChI=1S/C14H22O2/c1-2-3-5-10-14(16)13(11-15)12-8-6-4-7-9-12/h4,6-9,13-16H,2-3,5,10-11H2,1H3/t13-,14+/m0/s1. The molecule has 1 aromatic carbocycles. The molecule has 2 nitrogen and oxygen atoms in total. The fourth-order valence-electron chi connectivity index (χ4n) is 1.95. The van der Waals surface area contributed by atoms with Crippen LogP contribution in [0.5, 0.6) is 0 Å². The van der Waals surface area contributed by atoms with E-state index in [0.717, 1.165) is 31.2 Å². The van der Waals surface area contributed by atoms with Gasteiger partial charge < -0.3 is 10.2 Å². The molecular weight excluding hydrogens is 200 g/mol. The van der Waals surface area contributed by atoms with E-state index in [9.17, 15) is 10.2 Å². The van der Waals surface area contributed by atoms with Gasteiger partial charge in [0.1, 0.15) is 0 Å². The second-order valence-electron chi connectivity index (χ2n) is 4.26. The van der Waals surface area contributed by atoms with Gasteiger partial charge in [0.25, 0.3) is 0 Å². The third-order valence-electron chi connectivity index (χ3n) is 2.99. The van der Waals surface area contributed by atoms with Crippen LogP contribution in [0.3, 0.4) is 0 Å². The van der Waals surface area contributed by atoms with Crippen LogP contribution in [0.4, 0.5) is 0 Å². The molecule has 2 atom stereocenters. The molecular formula is C14H22O2. The summed E-state index contributed by atoms with van der Waals surface area (Å²) >= 11 is 0. The van der Waals surface area contributed by atoms with Crippen LogP contribution in [0.1, 0.15) is 44.1 Å². The molecule has 2 heteroatoms. The topological polar surface area (TPSA) is 40.5 Å². The smallest absolute Gasteiger partial charge is 0.0630 e. The SMILES string of the molecule is CCCCC[C@@H](O)[C@@H](CO)c1ccccc1. The van der Waals surface area contributed by atoms with Crippen LogP contribution < -0.4 is 0 Å². The van der Waals surface area contributed by atoms with Crippen molar-refractivity contribution < 1.29 is 10.2 Å². The molecule has 0 saturated heterocycles. The van der Waals surface area contributed by atoms with E-state index in [4.69, 9.17) is 0 Å². The van der Waals surface area contributed by atoms with E-state index in [1.54, 1.807) is 0 Å². The maximum absolute atomic E-state index is 10.0. The van der Waals surface area contributed by atoms with Crippen molar-refractivity contribution in [2.75, 3.05) is 6.61 Å². The average molecular weight is 222 g/mol. The molecule has 1 aromatic rings. The molecule has 0 aliphatic rings. The van der Waals surface area contributed by atoms with Crippen molar-refractivity contribution in [1.29, 1.82) is 0 Å². The summed E-state index contributed by atoms with van der Waals surface area (Å²) < 4.78 is 0. The maximum atomic E-state index is 10.0.